The molecule has 1 heterocycles. The van der Waals surface area contributed by atoms with Crippen molar-refractivity contribution in [2.45, 2.75) is 19.8 Å². The van der Waals surface area contributed by atoms with E-state index in [4.69, 9.17) is 21.0 Å². The van der Waals surface area contributed by atoms with E-state index in [1.165, 1.54) is 0 Å². The number of hydrogen-bond acceptors (Lipinski definition) is 5. The molecule has 0 spiro atoms. The average Bonchev–Trinajstić information content (AvgIpc) is 3.10. The number of carbonyl (C=O) groups is 1. The summed E-state index contributed by atoms with van der Waals surface area (Å²) < 4.78 is 10.4. The van der Waals surface area contributed by atoms with Crippen molar-refractivity contribution in [3.63, 3.8) is 0 Å². The van der Waals surface area contributed by atoms with Crippen molar-refractivity contribution in [2.75, 3.05) is 11.9 Å². The molecule has 7 heteroatoms. The number of benzene rings is 2. The molecule has 0 aliphatic heterocycles. The molecule has 0 bridgehead atoms. The molecule has 0 aliphatic carbocycles. The number of nitrogens with one attached hydrogen (secondary N) is 1. The number of nitrogens with zero attached hydrogens (tertiary/aromatic N) is 2. The quantitative estimate of drug-likeness (QED) is 0.602. The molecule has 2 aromatic carbocycles. The van der Waals surface area contributed by atoms with Gasteiger partial charge in [0.15, 0.2) is 5.69 Å². The normalized spacial score (nSPS) is 10.5. The van der Waals surface area contributed by atoms with E-state index >= 15 is 0 Å². The Labute approximate surface area is 156 Å². The maximum absolute atomic E-state index is 12.3. The zero-order chi connectivity index (χ0) is 18.4. The van der Waals surface area contributed by atoms with E-state index < -0.39 is 0 Å². The summed E-state index contributed by atoms with van der Waals surface area (Å²) in [6.07, 6.45) is 2.09. The number of rotatable bonds is 7. The van der Waals surface area contributed by atoms with Crippen LogP contribution in [0.5, 0.6) is 5.75 Å². The molecule has 0 fully saturated rings. The highest BCUT2D eigenvalue weighted by Crippen LogP contribution is 2.27. The first kappa shape index (κ1) is 17.9. The molecule has 26 heavy (non-hydrogen) atoms. The second-order valence-corrected chi connectivity index (χ2v) is 6.09. The fourth-order valence-corrected chi connectivity index (χ4v) is 2.50. The number of unbranched alkanes of at least 4 members (excludes halogenated alkanes) is 1. The van der Waals surface area contributed by atoms with E-state index in [1.807, 2.05) is 24.3 Å². The maximum Gasteiger partial charge on any atom is 0.257 e. The number of amides is 1. The number of anilines is 1. The molecular weight excluding hydrogens is 354 g/mol. The van der Waals surface area contributed by atoms with Gasteiger partial charge in [-0.25, -0.2) is 4.63 Å². The Balaban J connectivity index is 1.73. The molecule has 0 radical (unpaired) electrons. The van der Waals surface area contributed by atoms with Crippen LogP contribution in [0.4, 0.5) is 5.82 Å². The first-order valence-electron chi connectivity index (χ1n) is 8.30. The van der Waals surface area contributed by atoms with Crippen LogP contribution in [0.15, 0.2) is 53.2 Å². The molecule has 0 saturated heterocycles. The summed E-state index contributed by atoms with van der Waals surface area (Å²) in [5, 5.41) is 10.8. The lowest BCUT2D eigenvalue weighted by Crippen LogP contribution is -2.12. The van der Waals surface area contributed by atoms with Gasteiger partial charge in [0.1, 0.15) is 5.75 Å². The van der Waals surface area contributed by atoms with E-state index in [0.29, 0.717) is 22.9 Å². The van der Waals surface area contributed by atoms with Crippen molar-refractivity contribution >= 4 is 23.3 Å². The standard InChI is InChI=1S/C19H18ClN3O3/c1-2-3-11-25-16-9-7-13(8-10-16)17-18(23-26-22-17)21-19(24)14-5-4-6-15(20)12-14/h4-10,12H,2-3,11H2,1H3,(H,21,23,24). The monoisotopic (exact) mass is 371 g/mol. The number of hydrogen-bond donors (Lipinski definition) is 1. The highest BCUT2D eigenvalue weighted by Gasteiger charge is 2.16. The van der Waals surface area contributed by atoms with Crippen LogP contribution < -0.4 is 10.1 Å². The molecule has 134 valence electrons. The molecule has 1 aromatic heterocycles. The Morgan fingerprint density at radius 2 is 2.00 bits per heavy atom. The smallest absolute Gasteiger partial charge is 0.257 e. The summed E-state index contributed by atoms with van der Waals surface area (Å²) in [5.41, 5.74) is 1.63. The maximum atomic E-state index is 12.3. The fourth-order valence-electron chi connectivity index (χ4n) is 2.31. The molecule has 1 N–H and O–H groups in total. The zero-order valence-electron chi connectivity index (χ0n) is 14.2. The highest BCUT2D eigenvalue weighted by atomic mass is 35.5. The van der Waals surface area contributed by atoms with Crippen LogP contribution in [0.1, 0.15) is 30.1 Å². The van der Waals surface area contributed by atoms with E-state index in [1.54, 1.807) is 24.3 Å². The molecule has 1 amide bonds. The van der Waals surface area contributed by atoms with Crippen LogP contribution in [-0.2, 0) is 0 Å². The average molecular weight is 372 g/mol. The minimum Gasteiger partial charge on any atom is -0.494 e. The Hall–Kier alpha value is -2.86. The summed E-state index contributed by atoms with van der Waals surface area (Å²) >= 11 is 5.92. The van der Waals surface area contributed by atoms with Crippen LogP contribution >= 0.6 is 11.6 Å². The van der Waals surface area contributed by atoms with Gasteiger partial charge in [-0.1, -0.05) is 31.0 Å². The fraction of sp³-hybridized carbons (Fsp3) is 0.211. The van der Waals surface area contributed by atoms with Gasteiger partial charge < -0.3 is 10.1 Å². The minimum absolute atomic E-state index is 0.245. The molecule has 0 atom stereocenters. The second kappa shape index (κ2) is 8.49. The van der Waals surface area contributed by atoms with E-state index in [2.05, 4.69) is 22.6 Å². The molecule has 0 aliphatic rings. The molecule has 3 aromatic rings. The number of aromatic nitrogens is 2. The third-order valence-corrected chi connectivity index (χ3v) is 3.94. The number of carbonyl (C=O) groups excluding carboxylic acids is 1. The molecule has 6 nitrogen and oxygen atoms in total. The summed E-state index contributed by atoms with van der Waals surface area (Å²) in [6.45, 7) is 2.80. The van der Waals surface area contributed by atoms with Gasteiger partial charge in [0, 0.05) is 16.1 Å². The predicted octanol–water partition coefficient (Wildman–Crippen LogP) is 4.82. The van der Waals surface area contributed by atoms with Crippen molar-refractivity contribution in [1.29, 1.82) is 0 Å². The van der Waals surface area contributed by atoms with Gasteiger partial charge in [-0.3, -0.25) is 4.79 Å². The first-order valence-corrected chi connectivity index (χ1v) is 8.68. The lowest BCUT2D eigenvalue weighted by atomic mass is 10.1. The van der Waals surface area contributed by atoms with Gasteiger partial charge in [-0.05, 0) is 59.2 Å². The third kappa shape index (κ3) is 4.40. The summed E-state index contributed by atoms with van der Waals surface area (Å²) in [5.74, 6) is 0.682. The van der Waals surface area contributed by atoms with Crippen LogP contribution in [0.3, 0.4) is 0 Å². The van der Waals surface area contributed by atoms with Crippen molar-refractivity contribution in [3.8, 4) is 17.0 Å². The van der Waals surface area contributed by atoms with Crippen LogP contribution in [0.25, 0.3) is 11.3 Å². The van der Waals surface area contributed by atoms with Crippen LogP contribution in [-0.4, -0.2) is 22.8 Å². The highest BCUT2D eigenvalue weighted by molar-refractivity contribution is 6.31. The summed E-state index contributed by atoms with van der Waals surface area (Å²) in [7, 11) is 0. The zero-order valence-corrected chi connectivity index (χ0v) is 15.0. The topological polar surface area (TPSA) is 77.2 Å². The Morgan fingerprint density at radius 3 is 2.73 bits per heavy atom. The van der Waals surface area contributed by atoms with Gasteiger partial charge in [-0.2, -0.15) is 0 Å². The van der Waals surface area contributed by atoms with Crippen molar-refractivity contribution in [3.05, 3.63) is 59.1 Å². The Kier molecular flexibility index (Phi) is 5.86. The number of halogens is 1. The van der Waals surface area contributed by atoms with E-state index in [0.717, 1.165) is 24.2 Å². The van der Waals surface area contributed by atoms with Crippen LogP contribution in [0.2, 0.25) is 5.02 Å². The SMILES string of the molecule is CCCCOc1ccc(-c2nonc2NC(=O)c2cccc(Cl)c2)cc1. The Bertz CT molecular complexity index is 878. The molecule has 3 rings (SSSR count). The molecule has 0 saturated carbocycles. The largest absolute Gasteiger partial charge is 0.494 e. The third-order valence-electron chi connectivity index (χ3n) is 3.70. The van der Waals surface area contributed by atoms with Crippen molar-refractivity contribution in [2.24, 2.45) is 0 Å². The lowest BCUT2D eigenvalue weighted by molar-refractivity contribution is 0.102. The molecular formula is C19H18ClN3O3. The van der Waals surface area contributed by atoms with Gasteiger partial charge >= 0.3 is 0 Å². The van der Waals surface area contributed by atoms with Gasteiger partial charge in [0.05, 0.1) is 6.61 Å². The lowest BCUT2D eigenvalue weighted by Gasteiger charge is -2.06. The van der Waals surface area contributed by atoms with E-state index in [9.17, 15) is 4.79 Å². The van der Waals surface area contributed by atoms with Crippen molar-refractivity contribution < 1.29 is 14.2 Å². The second-order valence-electron chi connectivity index (χ2n) is 5.65. The summed E-state index contributed by atoms with van der Waals surface area (Å²) in [6, 6.07) is 14.0. The molecule has 0 unspecified atom stereocenters. The van der Waals surface area contributed by atoms with Crippen molar-refractivity contribution in [1.82, 2.24) is 10.3 Å². The van der Waals surface area contributed by atoms with Gasteiger partial charge in [0.25, 0.3) is 5.91 Å². The minimum atomic E-state index is -0.344. The first-order chi connectivity index (χ1) is 12.7. The van der Waals surface area contributed by atoms with E-state index in [-0.39, 0.29) is 11.7 Å². The van der Waals surface area contributed by atoms with Gasteiger partial charge in [-0.15, -0.1) is 0 Å². The summed E-state index contributed by atoms with van der Waals surface area (Å²) in [4.78, 5) is 12.3. The van der Waals surface area contributed by atoms with Crippen LogP contribution in [0, 0.1) is 0 Å². The Morgan fingerprint density at radius 1 is 1.19 bits per heavy atom. The van der Waals surface area contributed by atoms with Gasteiger partial charge in [0.2, 0.25) is 5.82 Å². The number of ether oxygens (including phenoxy) is 1. The predicted molar refractivity (Wildman–Crippen MR) is 99.5 cm³/mol.